The molecule has 64 valence electrons. The van der Waals surface area contributed by atoms with Crippen molar-refractivity contribution in [2.24, 2.45) is 0 Å². The van der Waals surface area contributed by atoms with E-state index in [1.54, 1.807) is 0 Å². The second kappa shape index (κ2) is 3.83. The lowest BCUT2D eigenvalue weighted by atomic mass is 10.1. The van der Waals surface area contributed by atoms with E-state index in [2.05, 4.69) is 0 Å². The number of ketones is 1. The van der Waals surface area contributed by atoms with Crippen molar-refractivity contribution >= 4 is 5.78 Å². The lowest BCUT2D eigenvalue weighted by molar-refractivity contribution is -0.191. The highest BCUT2D eigenvalue weighted by Crippen LogP contribution is 2.13. The Hall–Kier alpha value is -0.410. The highest BCUT2D eigenvalue weighted by molar-refractivity contribution is 5.79. The van der Waals surface area contributed by atoms with E-state index in [0.29, 0.717) is 25.2 Å². The van der Waals surface area contributed by atoms with Gasteiger partial charge in [0, 0.05) is 25.4 Å². The quantitative estimate of drug-likeness (QED) is 0.598. The van der Waals surface area contributed by atoms with Crippen molar-refractivity contribution in [1.82, 2.24) is 5.06 Å². The zero-order valence-corrected chi connectivity index (χ0v) is 7.17. The van der Waals surface area contributed by atoms with Gasteiger partial charge in [0.15, 0.2) is 0 Å². The van der Waals surface area contributed by atoms with Crippen LogP contribution in [-0.2, 0) is 9.63 Å². The average molecular weight is 157 g/mol. The molecule has 0 aliphatic carbocycles. The molecule has 1 rings (SSSR count). The summed E-state index contributed by atoms with van der Waals surface area (Å²) in [6, 6.07) is 0.260. The molecule has 1 unspecified atom stereocenters. The largest absolute Gasteiger partial charge is 0.300 e. The van der Waals surface area contributed by atoms with Crippen LogP contribution in [0.3, 0.4) is 0 Å². The molecule has 0 aromatic carbocycles. The maximum atomic E-state index is 10.9. The minimum Gasteiger partial charge on any atom is -0.300 e. The fourth-order valence-corrected chi connectivity index (χ4v) is 1.35. The molecule has 1 aliphatic heterocycles. The van der Waals surface area contributed by atoms with Crippen molar-refractivity contribution < 1.29 is 9.63 Å². The van der Waals surface area contributed by atoms with Crippen LogP contribution in [0.1, 0.15) is 26.7 Å². The van der Waals surface area contributed by atoms with Gasteiger partial charge >= 0.3 is 0 Å². The van der Waals surface area contributed by atoms with E-state index in [1.807, 2.05) is 18.9 Å². The molecule has 1 fully saturated rings. The van der Waals surface area contributed by atoms with Gasteiger partial charge < -0.3 is 0 Å². The topological polar surface area (TPSA) is 29.5 Å². The molecule has 3 heteroatoms. The summed E-state index contributed by atoms with van der Waals surface area (Å²) in [6.07, 6.45) is 1.28. The molecule has 11 heavy (non-hydrogen) atoms. The van der Waals surface area contributed by atoms with E-state index >= 15 is 0 Å². The van der Waals surface area contributed by atoms with Gasteiger partial charge in [-0.1, -0.05) is 0 Å². The summed E-state index contributed by atoms with van der Waals surface area (Å²) in [5.74, 6) is 0.355. The third-order valence-corrected chi connectivity index (χ3v) is 1.92. The van der Waals surface area contributed by atoms with Crippen molar-refractivity contribution in [3.05, 3.63) is 0 Å². The number of hydroxylamine groups is 2. The van der Waals surface area contributed by atoms with E-state index < -0.39 is 0 Å². The van der Waals surface area contributed by atoms with Crippen molar-refractivity contribution in [3.8, 4) is 0 Å². The molecule has 0 amide bonds. The fraction of sp³-hybridized carbons (Fsp3) is 0.875. The molecular formula is C8H15NO2. The van der Waals surface area contributed by atoms with Crippen LogP contribution in [0.4, 0.5) is 0 Å². The van der Waals surface area contributed by atoms with Crippen LogP contribution < -0.4 is 0 Å². The molecule has 0 spiro atoms. The predicted molar refractivity (Wildman–Crippen MR) is 42.0 cm³/mol. The monoisotopic (exact) mass is 157 g/mol. The Bertz CT molecular complexity index is 147. The summed E-state index contributed by atoms with van der Waals surface area (Å²) in [6.45, 7) is 5.43. The van der Waals surface area contributed by atoms with Crippen LogP contribution in [0.5, 0.6) is 0 Å². The summed E-state index contributed by atoms with van der Waals surface area (Å²) in [5, 5.41) is 1.90. The van der Waals surface area contributed by atoms with Crippen LogP contribution >= 0.6 is 0 Å². The zero-order chi connectivity index (χ0) is 8.27. The Morgan fingerprint density at radius 2 is 2.45 bits per heavy atom. The number of rotatable bonds is 2. The molecule has 0 N–H and O–H groups in total. The van der Waals surface area contributed by atoms with Crippen LogP contribution in [0.2, 0.25) is 0 Å². The number of carbonyl (C=O) groups is 1. The van der Waals surface area contributed by atoms with Gasteiger partial charge in [-0.3, -0.25) is 9.63 Å². The minimum atomic E-state index is 0.260. The number of Topliss-reactive ketones (excluding diaryl/α,β-unsaturated/α-hetero) is 1. The highest BCUT2D eigenvalue weighted by atomic mass is 16.7. The normalized spacial score (nSPS) is 27.5. The first-order valence-electron chi connectivity index (χ1n) is 4.15. The van der Waals surface area contributed by atoms with E-state index in [0.717, 1.165) is 6.54 Å². The third-order valence-electron chi connectivity index (χ3n) is 1.92. The third kappa shape index (κ3) is 2.27. The predicted octanol–water partition coefficient (Wildman–Crippen LogP) is 0.991. The SMILES string of the molecule is CCON1CCC(=O)CC1C. The van der Waals surface area contributed by atoms with E-state index in [9.17, 15) is 4.79 Å². The summed E-state index contributed by atoms with van der Waals surface area (Å²) in [5.41, 5.74) is 0. The second-order valence-electron chi connectivity index (χ2n) is 2.90. The first-order valence-corrected chi connectivity index (χ1v) is 4.15. The van der Waals surface area contributed by atoms with Crippen LogP contribution in [-0.4, -0.2) is 30.0 Å². The molecule has 0 bridgehead atoms. The van der Waals surface area contributed by atoms with Crippen LogP contribution in [0.25, 0.3) is 0 Å². The summed E-state index contributed by atoms with van der Waals surface area (Å²) in [7, 11) is 0. The van der Waals surface area contributed by atoms with Gasteiger partial charge in [0.05, 0.1) is 6.61 Å². The van der Waals surface area contributed by atoms with Crippen molar-refractivity contribution in [2.45, 2.75) is 32.7 Å². The summed E-state index contributed by atoms with van der Waals surface area (Å²) >= 11 is 0. The fourth-order valence-electron chi connectivity index (χ4n) is 1.35. The average Bonchev–Trinajstić information content (AvgIpc) is 1.95. The van der Waals surface area contributed by atoms with Crippen LogP contribution in [0.15, 0.2) is 0 Å². The Balaban J connectivity index is 2.37. The van der Waals surface area contributed by atoms with E-state index in [4.69, 9.17) is 4.84 Å². The molecule has 0 aromatic heterocycles. The summed E-state index contributed by atoms with van der Waals surface area (Å²) in [4.78, 5) is 16.3. The standard InChI is InChI=1S/C8H15NO2/c1-3-11-9-5-4-8(10)6-7(9)2/h7H,3-6H2,1-2H3. The zero-order valence-electron chi connectivity index (χ0n) is 7.17. The first-order chi connectivity index (χ1) is 5.24. The molecule has 3 nitrogen and oxygen atoms in total. The van der Waals surface area contributed by atoms with Gasteiger partial charge in [-0.15, -0.1) is 0 Å². The number of nitrogens with zero attached hydrogens (tertiary/aromatic N) is 1. The molecular weight excluding hydrogens is 142 g/mol. The van der Waals surface area contributed by atoms with Gasteiger partial charge in [-0.2, -0.15) is 5.06 Å². The van der Waals surface area contributed by atoms with Crippen molar-refractivity contribution in [2.75, 3.05) is 13.2 Å². The van der Waals surface area contributed by atoms with E-state index in [1.165, 1.54) is 0 Å². The molecule has 1 atom stereocenters. The molecule has 1 heterocycles. The molecule has 0 aromatic rings. The van der Waals surface area contributed by atoms with Gasteiger partial charge in [0.25, 0.3) is 0 Å². The Labute approximate surface area is 67.3 Å². The lowest BCUT2D eigenvalue weighted by Gasteiger charge is -2.30. The lowest BCUT2D eigenvalue weighted by Crippen LogP contribution is -2.40. The van der Waals surface area contributed by atoms with Gasteiger partial charge in [0.2, 0.25) is 0 Å². The number of piperidine rings is 1. The minimum absolute atomic E-state index is 0.260. The Morgan fingerprint density at radius 1 is 1.73 bits per heavy atom. The first kappa shape index (κ1) is 8.68. The number of carbonyl (C=O) groups excluding carboxylic acids is 1. The Morgan fingerprint density at radius 3 is 3.00 bits per heavy atom. The van der Waals surface area contributed by atoms with E-state index in [-0.39, 0.29) is 6.04 Å². The highest BCUT2D eigenvalue weighted by Gasteiger charge is 2.23. The molecule has 1 aliphatic rings. The molecule has 0 radical (unpaired) electrons. The van der Waals surface area contributed by atoms with Crippen molar-refractivity contribution in [1.29, 1.82) is 0 Å². The number of hydrogen-bond acceptors (Lipinski definition) is 3. The number of hydrogen-bond donors (Lipinski definition) is 0. The van der Waals surface area contributed by atoms with Crippen LogP contribution in [0, 0.1) is 0 Å². The maximum absolute atomic E-state index is 10.9. The smallest absolute Gasteiger partial charge is 0.135 e. The summed E-state index contributed by atoms with van der Waals surface area (Å²) < 4.78 is 0. The van der Waals surface area contributed by atoms with Gasteiger partial charge in [0.1, 0.15) is 5.78 Å². The molecule has 1 saturated heterocycles. The maximum Gasteiger partial charge on any atom is 0.135 e. The van der Waals surface area contributed by atoms with Gasteiger partial charge in [-0.25, -0.2) is 0 Å². The van der Waals surface area contributed by atoms with Crippen molar-refractivity contribution in [3.63, 3.8) is 0 Å². The molecule has 0 saturated carbocycles. The Kier molecular flexibility index (Phi) is 3.02. The van der Waals surface area contributed by atoms with Gasteiger partial charge in [-0.05, 0) is 13.8 Å². The second-order valence-corrected chi connectivity index (χ2v) is 2.90.